The molecule has 27 heavy (non-hydrogen) atoms. The molecule has 2 aromatic rings. The van der Waals surface area contributed by atoms with Gasteiger partial charge in [0.2, 0.25) is 5.91 Å². The molecule has 0 aliphatic carbocycles. The lowest BCUT2D eigenvalue weighted by Gasteiger charge is -2.10. The molecular weight excluding hydrogens is 390 g/mol. The summed E-state index contributed by atoms with van der Waals surface area (Å²) in [4.78, 5) is 22.5. The van der Waals surface area contributed by atoms with Crippen LogP contribution in [0.15, 0.2) is 42.5 Å². The number of hydrogen-bond acceptors (Lipinski definition) is 5. The largest absolute Gasteiger partial charge is 0.494 e. The minimum atomic E-state index is -0.506. The van der Waals surface area contributed by atoms with E-state index in [1.54, 1.807) is 43.3 Å². The summed E-state index contributed by atoms with van der Waals surface area (Å²) < 4.78 is 5.50. The molecule has 0 spiro atoms. The molecule has 0 aliphatic heterocycles. The molecule has 7 nitrogen and oxygen atoms in total. The number of nitrogens with one attached hydrogen (secondary N) is 2. The van der Waals surface area contributed by atoms with Gasteiger partial charge in [0.1, 0.15) is 11.4 Å². The first-order valence-electron chi connectivity index (χ1n) is 8.09. The number of carbonyl (C=O) groups excluding carboxylic acids is 1. The van der Waals surface area contributed by atoms with E-state index in [0.717, 1.165) is 5.56 Å². The molecule has 0 bridgehead atoms. The number of ether oxygens (including phenoxy) is 1. The van der Waals surface area contributed by atoms with E-state index in [4.69, 9.17) is 28.6 Å². The molecule has 0 radical (unpaired) electrons. The maximum Gasteiger partial charge on any atom is 0.292 e. The topological polar surface area (TPSA) is 93.5 Å². The molecule has 0 heterocycles. The van der Waals surface area contributed by atoms with Crippen molar-refractivity contribution in [3.05, 3.63) is 63.2 Å². The van der Waals surface area contributed by atoms with Gasteiger partial charge in [-0.3, -0.25) is 14.9 Å². The summed E-state index contributed by atoms with van der Waals surface area (Å²) in [6.07, 6.45) is 0.688. The van der Waals surface area contributed by atoms with Gasteiger partial charge in [0.05, 0.1) is 11.5 Å². The van der Waals surface area contributed by atoms with Crippen molar-refractivity contribution in [2.45, 2.75) is 19.8 Å². The monoisotopic (exact) mass is 407 g/mol. The second-order valence-electron chi connectivity index (χ2n) is 5.69. The zero-order chi connectivity index (χ0) is 19.8. The third-order valence-electron chi connectivity index (χ3n) is 3.48. The van der Waals surface area contributed by atoms with Gasteiger partial charge in [-0.25, -0.2) is 0 Å². The number of anilines is 1. The normalized spacial score (nSPS) is 10.1. The van der Waals surface area contributed by atoms with Gasteiger partial charge in [-0.05, 0) is 61.5 Å². The number of nitrogens with zero attached hydrogens (tertiary/aromatic N) is 1. The number of rotatable bonds is 7. The van der Waals surface area contributed by atoms with Crippen LogP contribution >= 0.6 is 23.8 Å². The van der Waals surface area contributed by atoms with Crippen molar-refractivity contribution in [1.82, 2.24) is 5.32 Å². The molecule has 0 saturated heterocycles. The lowest BCUT2D eigenvalue weighted by molar-refractivity contribution is -0.383. The van der Waals surface area contributed by atoms with Gasteiger partial charge < -0.3 is 15.4 Å². The van der Waals surface area contributed by atoms with E-state index in [-0.39, 0.29) is 28.8 Å². The quantitative estimate of drug-likeness (QED) is 0.309. The zero-order valence-corrected chi connectivity index (χ0v) is 16.1. The molecule has 0 atom stereocenters. The molecule has 0 fully saturated rings. The van der Waals surface area contributed by atoms with E-state index in [1.165, 1.54) is 6.07 Å². The molecule has 0 unspecified atom stereocenters. The fraction of sp³-hybridized carbons (Fsp3) is 0.222. The van der Waals surface area contributed by atoms with E-state index < -0.39 is 4.92 Å². The summed E-state index contributed by atoms with van der Waals surface area (Å²) in [6.45, 7) is 2.11. The first kappa shape index (κ1) is 20.6. The van der Waals surface area contributed by atoms with Crippen LogP contribution in [0.2, 0.25) is 5.02 Å². The van der Waals surface area contributed by atoms with E-state index >= 15 is 0 Å². The van der Waals surface area contributed by atoms with Crippen LogP contribution in [-0.2, 0) is 4.79 Å². The van der Waals surface area contributed by atoms with Crippen LogP contribution in [-0.4, -0.2) is 22.5 Å². The second-order valence-corrected chi connectivity index (χ2v) is 6.53. The van der Waals surface area contributed by atoms with Gasteiger partial charge in [-0.2, -0.15) is 0 Å². The Labute approximate surface area is 166 Å². The van der Waals surface area contributed by atoms with Crippen LogP contribution in [0.25, 0.3) is 0 Å². The maximum absolute atomic E-state index is 11.9. The van der Waals surface area contributed by atoms with Crippen molar-refractivity contribution >= 4 is 46.2 Å². The minimum absolute atomic E-state index is 0.00516. The smallest absolute Gasteiger partial charge is 0.292 e. The average Bonchev–Trinajstić information content (AvgIpc) is 2.61. The number of amides is 1. The van der Waals surface area contributed by atoms with Crippen molar-refractivity contribution in [3.8, 4) is 5.75 Å². The van der Waals surface area contributed by atoms with E-state index in [0.29, 0.717) is 23.8 Å². The highest BCUT2D eigenvalue weighted by atomic mass is 35.5. The molecule has 1 amide bonds. The number of hydrogen-bond donors (Lipinski definition) is 2. The second kappa shape index (κ2) is 9.84. The van der Waals surface area contributed by atoms with Crippen molar-refractivity contribution in [2.75, 3.05) is 11.9 Å². The lowest BCUT2D eigenvalue weighted by Crippen LogP contribution is -2.34. The lowest BCUT2D eigenvalue weighted by atomic mass is 10.2. The number of carbonyl (C=O) groups is 1. The SMILES string of the molecule is Cc1ccc(NC(=S)NC(=O)CCCOc2ccc(Cl)cc2)c([N+](=O)[O-])c1. The number of halogens is 1. The Bertz CT molecular complexity index is 843. The fourth-order valence-electron chi connectivity index (χ4n) is 2.19. The van der Waals surface area contributed by atoms with Crippen molar-refractivity contribution in [3.63, 3.8) is 0 Å². The summed E-state index contributed by atoms with van der Waals surface area (Å²) >= 11 is 10.8. The van der Waals surface area contributed by atoms with Gasteiger partial charge in [-0.1, -0.05) is 17.7 Å². The Morgan fingerprint density at radius 1 is 1.26 bits per heavy atom. The van der Waals surface area contributed by atoms with Crippen molar-refractivity contribution < 1.29 is 14.5 Å². The van der Waals surface area contributed by atoms with Crippen LogP contribution in [0.3, 0.4) is 0 Å². The van der Waals surface area contributed by atoms with E-state index in [9.17, 15) is 14.9 Å². The Hall–Kier alpha value is -2.71. The van der Waals surface area contributed by atoms with Crippen molar-refractivity contribution in [1.29, 1.82) is 0 Å². The molecule has 9 heteroatoms. The van der Waals surface area contributed by atoms with E-state index in [1.807, 2.05) is 0 Å². The van der Waals surface area contributed by atoms with Crippen LogP contribution in [0, 0.1) is 17.0 Å². The molecule has 2 aromatic carbocycles. The number of thiocarbonyl (C=S) groups is 1. The first-order chi connectivity index (χ1) is 12.8. The Morgan fingerprint density at radius 3 is 2.63 bits per heavy atom. The highest BCUT2D eigenvalue weighted by Gasteiger charge is 2.15. The van der Waals surface area contributed by atoms with E-state index in [2.05, 4.69) is 10.6 Å². The number of nitro groups is 1. The first-order valence-corrected chi connectivity index (χ1v) is 8.88. The number of nitro benzene ring substituents is 1. The molecule has 2 N–H and O–H groups in total. The predicted molar refractivity (Wildman–Crippen MR) is 108 cm³/mol. The van der Waals surface area contributed by atoms with Crippen LogP contribution in [0.1, 0.15) is 18.4 Å². The predicted octanol–water partition coefficient (Wildman–Crippen LogP) is 4.23. The standard InChI is InChI=1S/C18H18ClN3O4S/c1-12-4-9-15(16(11-12)22(24)25)20-18(27)21-17(23)3-2-10-26-14-7-5-13(19)6-8-14/h4-9,11H,2-3,10H2,1H3,(H2,20,21,23,27). The highest BCUT2D eigenvalue weighted by molar-refractivity contribution is 7.80. The molecule has 0 saturated carbocycles. The Kier molecular flexibility index (Phi) is 7.51. The third kappa shape index (κ3) is 6.84. The minimum Gasteiger partial charge on any atom is -0.494 e. The third-order valence-corrected chi connectivity index (χ3v) is 3.94. The number of benzene rings is 2. The summed E-state index contributed by atoms with van der Waals surface area (Å²) in [5.41, 5.74) is 0.868. The molecule has 2 rings (SSSR count). The summed E-state index contributed by atoms with van der Waals surface area (Å²) in [5.74, 6) is 0.366. The summed E-state index contributed by atoms with van der Waals surface area (Å²) in [5, 5.41) is 16.9. The van der Waals surface area contributed by atoms with Crippen molar-refractivity contribution in [2.24, 2.45) is 0 Å². The van der Waals surface area contributed by atoms with Crippen LogP contribution in [0.5, 0.6) is 5.75 Å². The average molecular weight is 408 g/mol. The fourth-order valence-corrected chi connectivity index (χ4v) is 2.54. The zero-order valence-electron chi connectivity index (χ0n) is 14.5. The molecule has 0 aliphatic rings. The number of aryl methyl sites for hydroxylation is 1. The molecule has 142 valence electrons. The summed E-state index contributed by atoms with van der Waals surface area (Å²) in [6, 6.07) is 11.6. The molecule has 0 aromatic heterocycles. The maximum atomic E-state index is 11.9. The van der Waals surface area contributed by atoms with Crippen LogP contribution < -0.4 is 15.4 Å². The Morgan fingerprint density at radius 2 is 1.96 bits per heavy atom. The van der Waals surface area contributed by atoms with Gasteiger partial charge in [-0.15, -0.1) is 0 Å². The van der Waals surface area contributed by atoms with Gasteiger partial charge in [0.25, 0.3) is 5.69 Å². The van der Waals surface area contributed by atoms with Gasteiger partial charge >= 0.3 is 0 Å². The van der Waals surface area contributed by atoms with Gasteiger partial charge in [0, 0.05) is 17.5 Å². The van der Waals surface area contributed by atoms with Gasteiger partial charge in [0.15, 0.2) is 5.11 Å². The Balaban J connectivity index is 1.76. The van der Waals surface area contributed by atoms with Crippen LogP contribution in [0.4, 0.5) is 11.4 Å². The highest BCUT2D eigenvalue weighted by Crippen LogP contribution is 2.25. The molecular formula is C18H18ClN3O4S. The summed E-state index contributed by atoms with van der Waals surface area (Å²) in [7, 11) is 0.